The fourth-order valence-electron chi connectivity index (χ4n) is 2.54. The lowest BCUT2D eigenvalue weighted by molar-refractivity contribution is -0.158. The summed E-state index contributed by atoms with van der Waals surface area (Å²) in [5, 5.41) is 0.985. The minimum absolute atomic E-state index is 0.111. The fourth-order valence-corrected chi connectivity index (χ4v) is 2.54. The van der Waals surface area contributed by atoms with Gasteiger partial charge in [-0.15, -0.1) is 0 Å². The van der Waals surface area contributed by atoms with Crippen LogP contribution in [0.1, 0.15) is 10.4 Å². The molecule has 0 saturated carbocycles. The van der Waals surface area contributed by atoms with Crippen LogP contribution in [-0.4, -0.2) is 54.7 Å². The van der Waals surface area contributed by atoms with Gasteiger partial charge in [0.2, 0.25) is 0 Å². The number of benzene rings is 1. The number of esters is 1. The summed E-state index contributed by atoms with van der Waals surface area (Å²) in [6.07, 6.45) is 1.09. The predicted molar refractivity (Wildman–Crippen MR) is 76.0 cm³/mol. The minimum atomic E-state index is -0.712. The zero-order valence-corrected chi connectivity index (χ0v) is 11.7. The second-order valence-corrected chi connectivity index (χ2v) is 4.88. The number of carbonyl (C=O) groups is 2. The number of nitrogens with zero attached hydrogens (tertiary/aromatic N) is 1. The summed E-state index contributed by atoms with van der Waals surface area (Å²) in [4.78, 5) is 28.9. The van der Waals surface area contributed by atoms with Crippen LogP contribution in [-0.2, 0) is 14.3 Å². The third kappa shape index (κ3) is 2.50. The standard InChI is InChI=1S/C15H16N2O4/c1-20-15(19)12-9-17(7-8-21-12)14(18)11-4-2-3-10-5-6-16-13(10)11/h2-6,12,16H,7-9H2,1H3. The van der Waals surface area contributed by atoms with Crippen molar-refractivity contribution >= 4 is 22.8 Å². The maximum Gasteiger partial charge on any atom is 0.336 e. The van der Waals surface area contributed by atoms with E-state index in [1.807, 2.05) is 18.2 Å². The molecular weight excluding hydrogens is 272 g/mol. The summed E-state index contributed by atoms with van der Waals surface area (Å²) >= 11 is 0. The number of rotatable bonds is 2. The Morgan fingerprint density at radius 1 is 1.38 bits per heavy atom. The van der Waals surface area contributed by atoms with E-state index >= 15 is 0 Å². The zero-order chi connectivity index (χ0) is 14.8. The summed E-state index contributed by atoms with van der Waals surface area (Å²) in [6, 6.07) is 7.49. The molecule has 1 unspecified atom stereocenters. The van der Waals surface area contributed by atoms with Crippen molar-refractivity contribution in [2.24, 2.45) is 0 Å². The highest BCUT2D eigenvalue weighted by Crippen LogP contribution is 2.20. The van der Waals surface area contributed by atoms with Gasteiger partial charge in [0, 0.05) is 18.1 Å². The van der Waals surface area contributed by atoms with Gasteiger partial charge in [0.15, 0.2) is 6.10 Å². The van der Waals surface area contributed by atoms with Crippen molar-refractivity contribution < 1.29 is 19.1 Å². The molecule has 1 saturated heterocycles. The highest BCUT2D eigenvalue weighted by molar-refractivity contribution is 6.05. The van der Waals surface area contributed by atoms with Gasteiger partial charge in [-0.1, -0.05) is 12.1 Å². The number of ether oxygens (including phenoxy) is 2. The van der Waals surface area contributed by atoms with E-state index in [-0.39, 0.29) is 12.5 Å². The average molecular weight is 288 g/mol. The topological polar surface area (TPSA) is 71.6 Å². The first-order valence-corrected chi connectivity index (χ1v) is 6.75. The lowest BCUT2D eigenvalue weighted by atomic mass is 10.1. The Bertz CT molecular complexity index is 679. The number of para-hydroxylation sites is 1. The molecule has 3 rings (SSSR count). The van der Waals surface area contributed by atoms with Crippen molar-refractivity contribution in [3.05, 3.63) is 36.0 Å². The smallest absolute Gasteiger partial charge is 0.336 e. The van der Waals surface area contributed by atoms with Crippen LogP contribution in [0.25, 0.3) is 10.9 Å². The maximum atomic E-state index is 12.7. The number of hydrogen-bond donors (Lipinski definition) is 1. The maximum absolute atomic E-state index is 12.7. The Kier molecular flexibility index (Phi) is 3.62. The molecule has 1 N–H and O–H groups in total. The normalized spacial score (nSPS) is 18.7. The van der Waals surface area contributed by atoms with E-state index in [2.05, 4.69) is 9.72 Å². The third-order valence-corrected chi connectivity index (χ3v) is 3.64. The molecule has 21 heavy (non-hydrogen) atoms. The summed E-state index contributed by atoms with van der Waals surface area (Å²) in [7, 11) is 1.31. The molecule has 0 bridgehead atoms. The molecule has 1 aromatic heterocycles. The number of H-pyrrole nitrogens is 1. The molecule has 1 aliphatic heterocycles. The third-order valence-electron chi connectivity index (χ3n) is 3.64. The van der Waals surface area contributed by atoms with Crippen molar-refractivity contribution in [2.75, 3.05) is 26.8 Å². The lowest BCUT2D eigenvalue weighted by Gasteiger charge is -2.31. The second kappa shape index (κ2) is 5.57. The minimum Gasteiger partial charge on any atom is -0.467 e. The van der Waals surface area contributed by atoms with Gasteiger partial charge < -0.3 is 19.4 Å². The average Bonchev–Trinajstić information content (AvgIpc) is 3.02. The summed E-state index contributed by atoms with van der Waals surface area (Å²) in [6.45, 7) is 0.998. The molecule has 0 aliphatic carbocycles. The van der Waals surface area contributed by atoms with Crippen molar-refractivity contribution in [2.45, 2.75) is 6.10 Å². The number of nitrogens with one attached hydrogen (secondary N) is 1. The van der Waals surface area contributed by atoms with Gasteiger partial charge in [-0.25, -0.2) is 4.79 Å². The number of fused-ring (bicyclic) bond motifs is 1. The first-order valence-electron chi connectivity index (χ1n) is 6.75. The van der Waals surface area contributed by atoms with Gasteiger partial charge in [-0.2, -0.15) is 0 Å². The Morgan fingerprint density at radius 2 is 2.24 bits per heavy atom. The zero-order valence-electron chi connectivity index (χ0n) is 11.7. The second-order valence-electron chi connectivity index (χ2n) is 4.88. The number of hydrogen-bond acceptors (Lipinski definition) is 4. The Morgan fingerprint density at radius 3 is 3.05 bits per heavy atom. The van der Waals surface area contributed by atoms with E-state index in [0.717, 1.165) is 10.9 Å². The molecule has 1 fully saturated rings. The van der Waals surface area contributed by atoms with E-state index in [1.54, 1.807) is 17.2 Å². The summed E-state index contributed by atoms with van der Waals surface area (Å²) in [5.41, 5.74) is 1.41. The summed E-state index contributed by atoms with van der Waals surface area (Å²) in [5.74, 6) is -0.564. The molecule has 1 aliphatic rings. The lowest BCUT2D eigenvalue weighted by Crippen LogP contribution is -2.48. The van der Waals surface area contributed by atoms with Crippen molar-refractivity contribution in [3.8, 4) is 0 Å². The molecule has 2 heterocycles. The van der Waals surface area contributed by atoms with Crippen LogP contribution < -0.4 is 0 Å². The Hall–Kier alpha value is -2.34. The molecule has 0 radical (unpaired) electrons. The molecule has 6 nitrogen and oxygen atoms in total. The number of morpholine rings is 1. The number of methoxy groups -OCH3 is 1. The van der Waals surface area contributed by atoms with Crippen LogP contribution in [0.15, 0.2) is 30.5 Å². The largest absolute Gasteiger partial charge is 0.467 e. The van der Waals surface area contributed by atoms with Crippen LogP contribution >= 0.6 is 0 Å². The van der Waals surface area contributed by atoms with Crippen LogP contribution in [0, 0.1) is 0 Å². The van der Waals surface area contributed by atoms with Gasteiger partial charge in [0.1, 0.15) is 0 Å². The molecule has 1 atom stereocenters. The Labute approximate surface area is 121 Å². The van der Waals surface area contributed by atoms with Crippen LogP contribution in [0.5, 0.6) is 0 Å². The van der Waals surface area contributed by atoms with E-state index in [0.29, 0.717) is 18.7 Å². The predicted octanol–water partition coefficient (Wildman–Crippen LogP) is 1.18. The van der Waals surface area contributed by atoms with Crippen molar-refractivity contribution in [3.63, 3.8) is 0 Å². The molecule has 0 spiro atoms. The molecule has 2 aromatic rings. The van der Waals surface area contributed by atoms with Crippen LogP contribution in [0.4, 0.5) is 0 Å². The van der Waals surface area contributed by atoms with E-state index in [1.165, 1.54) is 7.11 Å². The highest BCUT2D eigenvalue weighted by Gasteiger charge is 2.30. The number of aromatic nitrogens is 1. The quantitative estimate of drug-likeness (QED) is 0.842. The summed E-state index contributed by atoms with van der Waals surface area (Å²) < 4.78 is 10.0. The number of aromatic amines is 1. The van der Waals surface area contributed by atoms with Gasteiger partial charge in [-0.05, 0) is 12.1 Å². The number of carbonyl (C=O) groups excluding carboxylic acids is 2. The van der Waals surface area contributed by atoms with E-state index in [9.17, 15) is 9.59 Å². The van der Waals surface area contributed by atoms with Gasteiger partial charge in [0.05, 0.1) is 31.3 Å². The van der Waals surface area contributed by atoms with Crippen LogP contribution in [0.2, 0.25) is 0 Å². The van der Waals surface area contributed by atoms with Crippen LogP contribution in [0.3, 0.4) is 0 Å². The molecule has 1 amide bonds. The van der Waals surface area contributed by atoms with E-state index < -0.39 is 12.1 Å². The Balaban J connectivity index is 1.84. The van der Waals surface area contributed by atoms with Crippen molar-refractivity contribution in [1.29, 1.82) is 0 Å². The first kappa shape index (κ1) is 13.6. The fraction of sp³-hybridized carbons (Fsp3) is 0.333. The molecule has 6 heteroatoms. The monoisotopic (exact) mass is 288 g/mol. The first-order chi connectivity index (χ1) is 10.2. The SMILES string of the molecule is COC(=O)C1CN(C(=O)c2cccc3cc[nH]c23)CCO1. The molecular formula is C15H16N2O4. The molecule has 110 valence electrons. The van der Waals surface area contributed by atoms with Gasteiger partial charge in [-0.3, -0.25) is 4.79 Å². The van der Waals surface area contributed by atoms with Gasteiger partial charge in [0.25, 0.3) is 5.91 Å². The van der Waals surface area contributed by atoms with Gasteiger partial charge >= 0.3 is 5.97 Å². The van der Waals surface area contributed by atoms with Crippen molar-refractivity contribution in [1.82, 2.24) is 9.88 Å². The number of amides is 1. The highest BCUT2D eigenvalue weighted by atomic mass is 16.6. The van der Waals surface area contributed by atoms with E-state index in [4.69, 9.17) is 4.74 Å². The molecule has 1 aromatic carbocycles.